The van der Waals surface area contributed by atoms with E-state index in [0.717, 1.165) is 0 Å². The molecular formula is C21H17ClN4O4. The van der Waals surface area contributed by atoms with Gasteiger partial charge in [0.25, 0.3) is 5.91 Å². The van der Waals surface area contributed by atoms with E-state index in [4.69, 9.17) is 16.0 Å². The number of furan rings is 1. The van der Waals surface area contributed by atoms with Crippen LogP contribution in [0.2, 0.25) is 5.02 Å². The fraction of sp³-hybridized carbons (Fsp3) is 0.0476. The summed E-state index contributed by atoms with van der Waals surface area (Å²) in [6.07, 6.45) is 1.33. The number of benzene rings is 2. The topological polar surface area (TPSA) is 113 Å². The van der Waals surface area contributed by atoms with Crippen molar-refractivity contribution in [3.63, 3.8) is 0 Å². The van der Waals surface area contributed by atoms with Gasteiger partial charge in [-0.1, -0.05) is 35.9 Å². The summed E-state index contributed by atoms with van der Waals surface area (Å²) in [5, 5.41) is 9.17. The van der Waals surface area contributed by atoms with Crippen molar-refractivity contribution in [3.8, 4) is 0 Å². The van der Waals surface area contributed by atoms with E-state index in [0.29, 0.717) is 27.8 Å². The minimum absolute atomic E-state index is 0.00597. The van der Waals surface area contributed by atoms with Crippen LogP contribution < -0.4 is 16.1 Å². The van der Waals surface area contributed by atoms with E-state index in [9.17, 15) is 14.4 Å². The van der Waals surface area contributed by atoms with Crippen molar-refractivity contribution >= 4 is 41.2 Å². The van der Waals surface area contributed by atoms with Gasteiger partial charge in [-0.25, -0.2) is 5.43 Å². The number of hydrazone groups is 1. The Bertz CT molecular complexity index is 1080. The second kappa shape index (κ2) is 10.0. The zero-order valence-electron chi connectivity index (χ0n) is 15.6. The Morgan fingerprint density at radius 3 is 2.53 bits per heavy atom. The van der Waals surface area contributed by atoms with Gasteiger partial charge in [0.15, 0.2) is 0 Å². The van der Waals surface area contributed by atoms with Gasteiger partial charge >= 0.3 is 11.8 Å². The van der Waals surface area contributed by atoms with E-state index in [1.165, 1.54) is 12.3 Å². The number of nitrogens with one attached hydrogen (secondary N) is 3. The lowest BCUT2D eigenvalue weighted by molar-refractivity contribution is -0.136. The van der Waals surface area contributed by atoms with Gasteiger partial charge < -0.3 is 15.1 Å². The van der Waals surface area contributed by atoms with E-state index in [2.05, 4.69) is 21.2 Å². The van der Waals surface area contributed by atoms with Crippen LogP contribution in [0.25, 0.3) is 0 Å². The number of anilines is 1. The van der Waals surface area contributed by atoms with Crippen molar-refractivity contribution in [3.05, 3.63) is 88.8 Å². The molecule has 152 valence electrons. The Kier molecular flexibility index (Phi) is 6.96. The lowest BCUT2D eigenvalue weighted by Crippen LogP contribution is -2.34. The average Bonchev–Trinajstić information content (AvgIpc) is 3.20. The lowest BCUT2D eigenvalue weighted by Gasteiger charge is -2.05. The van der Waals surface area contributed by atoms with E-state index in [1.54, 1.807) is 54.6 Å². The molecular weight excluding hydrogens is 408 g/mol. The van der Waals surface area contributed by atoms with E-state index in [1.807, 2.05) is 6.07 Å². The van der Waals surface area contributed by atoms with Crippen molar-refractivity contribution in [2.45, 2.75) is 6.54 Å². The summed E-state index contributed by atoms with van der Waals surface area (Å²) in [6.45, 7) is 0.00597. The summed E-state index contributed by atoms with van der Waals surface area (Å²) in [5.74, 6) is -1.21. The highest BCUT2D eigenvalue weighted by molar-refractivity contribution is 6.39. The molecule has 0 saturated carbocycles. The molecule has 1 aromatic heterocycles. The summed E-state index contributed by atoms with van der Waals surface area (Å²) in [4.78, 5) is 35.7. The number of amides is 3. The molecule has 0 aliphatic rings. The highest BCUT2D eigenvalue weighted by Gasteiger charge is 2.14. The predicted octanol–water partition coefficient (Wildman–Crippen LogP) is 2.95. The Hall–Kier alpha value is -3.91. The smallest absolute Gasteiger partial charge is 0.313 e. The van der Waals surface area contributed by atoms with Crippen LogP contribution in [-0.2, 0) is 16.1 Å². The third-order valence-electron chi connectivity index (χ3n) is 3.79. The van der Waals surface area contributed by atoms with Crippen molar-refractivity contribution in [1.29, 1.82) is 0 Å². The molecule has 0 bridgehead atoms. The number of hydrogen-bond acceptors (Lipinski definition) is 5. The first-order valence-corrected chi connectivity index (χ1v) is 9.21. The molecule has 0 aliphatic carbocycles. The molecule has 0 radical (unpaired) electrons. The van der Waals surface area contributed by atoms with Crippen molar-refractivity contribution in [2.24, 2.45) is 5.10 Å². The summed E-state index contributed by atoms with van der Waals surface area (Å²) in [6, 6.07) is 18.3. The molecule has 3 N–H and O–H groups in total. The second-order valence-corrected chi connectivity index (χ2v) is 6.45. The average molecular weight is 425 g/mol. The molecule has 0 aliphatic heterocycles. The highest BCUT2D eigenvalue weighted by atomic mass is 35.5. The number of hydrogen-bond donors (Lipinski definition) is 3. The molecule has 3 amide bonds. The number of nitrogens with zero attached hydrogens (tertiary/aromatic N) is 1. The number of rotatable bonds is 6. The molecule has 9 heteroatoms. The van der Waals surface area contributed by atoms with Gasteiger partial charge in [-0.15, -0.1) is 0 Å². The molecule has 3 aromatic rings. The van der Waals surface area contributed by atoms with Gasteiger partial charge in [0, 0.05) is 16.3 Å². The van der Waals surface area contributed by atoms with E-state index >= 15 is 0 Å². The molecule has 30 heavy (non-hydrogen) atoms. The van der Waals surface area contributed by atoms with Gasteiger partial charge in [-0.2, -0.15) is 5.10 Å². The van der Waals surface area contributed by atoms with Crippen LogP contribution in [0.1, 0.15) is 21.9 Å². The molecule has 0 atom stereocenters. The Morgan fingerprint density at radius 1 is 0.967 bits per heavy atom. The van der Waals surface area contributed by atoms with E-state index in [-0.39, 0.29) is 12.5 Å². The highest BCUT2D eigenvalue weighted by Crippen LogP contribution is 2.14. The van der Waals surface area contributed by atoms with Crippen LogP contribution in [0.15, 0.2) is 76.2 Å². The van der Waals surface area contributed by atoms with Crippen LogP contribution in [0.4, 0.5) is 5.69 Å². The molecule has 0 fully saturated rings. The van der Waals surface area contributed by atoms with Gasteiger partial charge in [0.1, 0.15) is 11.5 Å². The minimum atomic E-state index is -0.825. The third kappa shape index (κ3) is 6.05. The normalized spacial score (nSPS) is 10.6. The number of carbonyl (C=O) groups excluding carboxylic acids is 3. The molecule has 0 saturated heterocycles. The Balaban J connectivity index is 1.46. The van der Waals surface area contributed by atoms with Gasteiger partial charge in [-0.05, 0) is 42.5 Å². The zero-order chi connectivity index (χ0) is 21.3. The maximum atomic E-state index is 11.9. The quantitative estimate of drug-likeness (QED) is 0.321. The number of halogens is 1. The van der Waals surface area contributed by atoms with Crippen LogP contribution in [-0.4, -0.2) is 23.9 Å². The molecule has 0 unspecified atom stereocenters. The van der Waals surface area contributed by atoms with Gasteiger partial charge in [0.2, 0.25) is 0 Å². The third-order valence-corrected chi connectivity index (χ3v) is 4.02. The molecule has 2 aromatic carbocycles. The SMILES string of the molecule is O=C(NCc1ccc(/C=N\NC(=O)c2ccccc2)o1)C(=O)Nc1cccc(Cl)c1. The molecule has 0 spiro atoms. The van der Waals surface area contributed by atoms with Gasteiger partial charge in [0.05, 0.1) is 12.8 Å². The largest absolute Gasteiger partial charge is 0.458 e. The van der Waals surface area contributed by atoms with Crippen molar-refractivity contribution < 1.29 is 18.8 Å². The lowest BCUT2D eigenvalue weighted by atomic mass is 10.2. The van der Waals surface area contributed by atoms with Crippen LogP contribution in [0.3, 0.4) is 0 Å². The van der Waals surface area contributed by atoms with Crippen LogP contribution >= 0.6 is 11.6 Å². The second-order valence-electron chi connectivity index (χ2n) is 6.02. The minimum Gasteiger partial charge on any atom is -0.458 e. The van der Waals surface area contributed by atoms with Crippen molar-refractivity contribution in [2.75, 3.05) is 5.32 Å². The maximum Gasteiger partial charge on any atom is 0.313 e. The predicted molar refractivity (Wildman–Crippen MR) is 112 cm³/mol. The Morgan fingerprint density at radius 2 is 1.77 bits per heavy atom. The van der Waals surface area contributed by atoms with Crippen LogP contribution in [0, 0.1) is 0 Å². The zero-order valence-corrected chi connectivity index (χ0v) is 16.3. The molecule has 1 heterocycles. The molecule has 8 nitrogen and oxygen atoms in total. The standard InChI is InChI=1S/C21H17ClN4O4/c22-15-7-4-8-16(11-15)25-21(29)20(28)23-12-17-9-10-18(30-17)13-24-26-19(27)14-5-2-1-3-6-14/h1-11,13H,12H2,(H,23,28)(H,25,29)(H,26,27)/b24-13-. The molecule has 3 rings (SSSR count). The fourth-order valence-electron chi connectivity index (χ4n) is 2.37. The first-order chi connectivity index (χ1) is 14.5. The summed E-state index contributed by atoms with van der Waals surface area (Å²) in [5.41, 5.74) is 3.28. The number of carbonyl (C=O) groups is 3. The Labute approximate surface area is 176 Å². The summed E-state index contributed by atoms with van der Waals surface area (Å²) >= 11 is 5.84. The van der Waals surface area contributed by atoms with Crippen molar-refractivity contribution in [1.82, 2.24) is 10.7 Å². The first-order valence-electron chi connectivity index (χ1n) is 8.83. The van der Waals surface area contributed by atoms with Gasteiger partial charge in [-0.3, -0.25) is 14.4 Å². The monoisotopic (exact) mass is 424 g/mol. The summed E-state index contributed by atoms with van der Waals surface area (Å²) < 4.78 is 5.47. The first kappa shape index (κ1) is 20.8. The maximum absolute atomic E-state index is 11.9. The summed E-state index contributed by atoms with van der Waals surface area (Å²) in [7, 11) is 0. The van der Waals surface area contributed by atoms with Crippen LogP contribution in [0.5, 0.6) is 0 Å². The van der Waals surface area contributed by atoms with E-state index < -0.39 is 11.8 Å². The fourth-order valence-corrected chi connectivity index (χ4v) is 2.56.